The van der Waals surface area contributed by atoms with Gasteiger partial charge in [-0.3, -0.25) is 4.79 Å². The molecule has 25 heavy (non-hydrogen) atoms. The summed E-state index contributed by atoms with van der Waals surface area (Å²) in [6.07, 6.45) is 6.26. The van der Waals surface area contributed by atoms with Crippen molar-refractivity contribution in [1.82, 2.24) is 15.6 Å². The molecule has 2 aromatic heterocycles. The van der Waals surface area contributed by atoms with Crippen molar-refractivity contribution in [2.24, 2.45) is 10.7 Å². The number of hydrogen-bond acceptors (Lipinski definition) is 6. The van der Waals surface area contributed by atoms with Crippen LogP contribution in [0.5, 0.6) is 0 Å². The summed E-state index contributed by atoms with van der Waals surface area (Å²) in [5, 5.41) is 8.55. The highest BCUT2D eigenvalue weighted by Gasteiger charge is 2.20. The number of carbonyl (C=O) groups is 1. The van der Waals surface area contributed by atoms with Gasteiger partial charge in [-0.2, -0.15) is 0 Å². The van der Waals surface area contributed by atoms with Gasteiger partial charge in [0, 0.05) is 24.4 Å². The third-order valence-corrected chi connectivity index (χ3v) is 4.95. The summed E-state index contributed by atoms with van der Waals surface area (Å²) in [6.45, 7) is 1.85. The first kappa shape index (κ1) is 17.6. The normalized spacial score (nSPS) is 20.7. The smallest absolute Gasteiger partial charge is 0.217 e. The molecule has 1 amide bonds. The number of aromatic nitrogens is 1. The van der Waals surface area contributed by atoms with Crippen LogP contribution in [0.2, 0.25) is 0 Å². The number of thiazole rings is 1. The maximum Gasteiger partial charge on any atom is 0.217 e. The van der Waals surface area contributed by atoms with Crippen LogP contribution in [0.15, 0.2) is 26.9 Å². The fourth-order valence-corrected chi connectivity index (χ4v) is 3.46. The third-order valence-electron chi connectivity index (χ3n) is 4.20. The molecule has 2 atom stereocenters. The first-order valence-electron chi connectivity index (χ1n) is 8.45. The Kier molecular flexibility index (Phi) is 5.83. The summed E-state index contributed by atoms with van der Waals surface area (Å²) < 4.78 is 5.69. The molecule has 0 saturated heterocycles. The highest BCUT2D eigenvalue weighted by Crippen LogP contribution is 2.28. The molecule has 0 spiro atoms. The van der Waals surface area contributed by atoms with Gasteiger partial charge in [-0.25, -0.2) is 9.98 Å². The van der Waals surface area contributed by atoms with Gasteiger partial charge in [0.2, 0.25) is 11.0 Å². The van der Waals surface area contributed by atoms with E-state index in [-0.39, 0.29) is 11.9 Å². The Labute approximate surface area is 150 Å². The summed E-state index contributed by atoms with van der Waals surface area (Å²) in [4.78, 5) is 19.8. The number of aliphatic imine (C=N–C) groups is 1. The Morgan fingerprint density at radius 3 is 3.12 bits per heavy atom. The van der Waals surface area contributed by atoms with Crippen LogP contribution in [-0.4, -0.2) is 29.3 Å². The summed E-state index contributed by atoms with van der Waals surface area (Å²) in [6, 6.07) is 4.16. The molecular weight excluding hydrogens is 338 g/mol. The summed E-state index contributed by atoms with van der Waals surface area (Å²) in [5.41, 5.74) is 6.85. The van der Waals surface area contributed by atoms with Crippen molar-refractivity contribution in [2.75, 3.05) is 0 Å². The molecular formula is C17H23N5O2S. The average molecular weight is 361 g/mol. The first-order valence-corrected chi connectivity index (χ1v) is 9.33. The van der Waals surface area contributed by atoms with Gasteiger partial charge in [0.05, 0.1) is 12.9 Å². The molecule has 7 nitrogen and oxygen atoms in total. The maximum atomic E-state index is 10.9. The van der Waals surface area contributed by atoms with Crippen molar-refractivity contribution < 1.29 is 9.21 Å². The Morgan fingerprint density at radius 2 is 2.32 bits per heavy atom. The standard InChI is InChI=1S/C17H23N5O2S/c1-11(23)19-8-12-6-7-16(24-12)15-9-25-17(22-15)21-10-20-14-5-3-2-4-13(14)18/h6-7,9-10,13-14H,2-5,8,18H2,1H3,(H,19,23)(H,20,21,22). The molecule has 8 heteroatoms. The molecule has 0 radical (unpaired) electrons. The lowest BCUT2D eigenvalue weighted by molar-refractivity contribution is -0.119. The number of carbonyl (C=O) groups excluding carboxylic acids is 1. The van der Waals surface area contributed by atoms with Gasteiger partial charge in [-0.15, -0.1) is 11.3 Å². The molecule has 134 valence electrons. The van der Waals surface area contributed by atoms with Crippen LogP contribution in [0.3, 0.4) is 0 Å². The Morgan fingerprint density at radius 1 is 1.48 bits per heavy atom. The van der Waals surface area contributed by atoms with Crippen LogP contribution < -0.4 is 16.4 Å². The van der Waals surface area contributed by atoms with Gasteiger partial charge in [-0.05, 0) is 25.0 Å². The predicted molar refractivity (Wildman–Crippen MR) is 98.9 cm³/mol. The van der Waals surface area contributed by atoms with Crippen LogP contribution in [0, 0.1) is 0 Å². The quantitative estimate of drug-likeness (QED) is 0.542. The highest BCUT2D eigenvalue weighted by atomic mass is 32.1. The van der Waals surface area contributed by atoms with E-state index in [1.165, 1.54) is 31.1 Å². The molecule has 3 rings (SSSR count). The van der Waals surface area contributed by atoms with Crippen molar-refractivity contribution in [3.63, 3.8) is 0 Å². The minimum Gasteiger partial charge on any atom is -0.458 e. The number of amides is 1. The minimum absolute atomic E-state index is 0.0894. The van der Waals surface area contributed by atoms with Gasteiger partial charge in [0.1, 0.15) is 11.5 Å². The number of rotatable bonds is 6. The third kappa shape index (κ3) is 4.90. The fourth-order valence-electron chi connectivity index (χ4n) is 2.81. The van der Waals surface area contributed by atoms with Crippen LogP contribution in [0.1, 0.15) is 38.4 Å². The van der Waals surface area contributed by atoms with E-state index in [4.69, 9.17) is 10.2 Å². The molecule has 2 unspecified atom stereocenters. The maximum absolute atomic E-state index is 10.9. The number of nitrogens with one attached hydrogen (secondary N) is 2. The number of furan rings is 1. The van der Waals surface area contributed by atoms with E-state index in [1.807, 2.05) is 17.5 Å². The van der Waals surface area contributed by atoms with E-state index in [2.05, 4.69) is 20.6 Å². The summed E-state index contributed by atoms with van der Waals surface area (Å²) in [5.74, 6) is 1.27. The molecule has 1 aliphatic rings. The van der Waals surface area contributed by atoms with E-state index in [0.29, 0.717) is 29.2 Å². The molecule has 0 aromatic carbocycles. The lowest BCUT2D eigenvalue weighted by Gasteiger charge is -2.28. The Balaban J connectivity index is 1.56. The lowest BCUT2D eigenvalue weighted by atomic mass is 9.91. The SMILES string of the molecule is CC(=O)NCc1ccc(-c2csc(N=CNC3CCCCC3N)n2)o1. The monoisotopic (exact) mass is 361 g/mol. The van der Waals surface area contributed by atoms with Gasteiger partial charge >= 0.3 is 0 Å². The van der Waals surface area contributed by atoms with Crippen LogP contribution in [0.25, 0.3) is 11.5 Å². The minimum atomic E-state index is -0.0894. The molecule has 0 aliphatic heterocycles. The second-order valence-corrected chi connectivity index (χ2v) is 7.01. The van der Waals surface area contributed by atoms with E-state index < -0.39 is 0 Å². The molecule has 1 fully saturated rings. The number of nitrogens with zero attached hydrogens (tertiary/aromatic N) is 2. The second-order valence-electron chi connectivity index (χ2n) is 6.17. The van der Waals surface area contributed by atoms with Crippen molar-refractivity contribution in [3.8, 4) is 11.5 Å². The van der Waals surface area contributed by atoms with E-state index in [0.717, 1.165) is 18.5 Å². The second kappa shape index (κ2) is 8.26. The van der Waals surface area contributed by atoms with Crippen molar-refractivity contribution in [1.29, 1.82) is 0 Å². The molecule has 2 heterocycles. The largest absolute Gasteiger partial charge is 0.458 e. The van der Waals surface area contributed by atoms with Crippen LogP contribution in [-0.2, 0) is 11.3 Å². The molecule has 1 aliphatic carbocycles. The zero-order chi connectivity index (χ0) is 17.6. The van der Waals surface area contributed by atoms with Crippen molar-refractivity contribution >= 4 is 28.7 Å². The topological polar surface area (TPSA) is 106 Å². The number of hydrogen-bond donors (Lipinski definition) is 3. The average Bonchev–Trinajstić information content (AvgIpc) is 3.24. The summed E-state index contributed by atoms with van der Waals surface area (Å²) in [7, 11) is 0. The fraction of sp³-hybridized carbons (Fsp3) is 0.471. The zero-order valence-electron chi connectivity index (χ0n) is 14.2. The van der Waals surface area contributed by atoms with E-state index >= 15 is 0 Å². The molecule has 1 saturated carbocycles. The first-order chi connectivity index (χ1) is 12.1. The van der Waals surface area contributed by atoms with Gasteiger partial charge in [-0.1, -0.05) is 12.8 Å². The highest BCUT2D eigenvalue weighted by molar-refractivity contribution is 7.13. The molecule has 0 bridgehead atoms. The van der Waals surface area contributed by atoms with Gasteiger partial charge in [0.15, 0.2) is 5.76 Å². The predicted octanol–water partition coefficient (Wildman–Crippen LogP) is 2.56. The molecule has 2 aromatic rings. The van der Waals surface area contributed by atoms with Crippen molar-refractivity contribution in [3.05, 3.63) is 23.3 Å². The van der Waals surface area contributed by atoms with Gasteiger partial charge < -0.3 is 20.8 Å². The summed E-state index contributed by atoms with van der Waals surface area (Å²) >= 11 is 1.45. The van der Waals surface area contributed by atoms with Gasteiger partial charge in [0.25, 0.3) is 0 Å². The van der Waals surface area contributed by atoms with Crippen LogP contribution in [0.4, 0.5) is 5.13 Å². The molecule has 4 N–H and O–H groups in total. The van der Waals surface area contributed by atoms with E-state index in [1.54, 1.807) is 6.34 Å². The zero-order valence-corrected chi connectivity index (χ0v) is 15.0. The Hall–Kier alpha value is -2.19. The lowest BCUT2D eigenvalue weighted by Crippen LogP contribution is -2.46. The number of nitrogens with two attached hydrogens (primary N) is 1. The van der Waals surface area contributed by atoms with E-state index in [9.17, 15) is 4.79 Å². The Bertz CT molecular complexity index is 739. The van der Waals surface area contributed by atoms with Crippen LogP contribution >= 0.6 is 11.3 Å². The van der Waals surface area contributed by atoms with Crippen molar-refractivity contribution in [2.45, 2.75) is 51.2 Å².